The Labute approximate surface area is 141 Å². The van der Waals surface area contributed by atoms with E-state index < -0.39 is 0 Å². The van der Waals surface area contributed by atoms with Gasteiger partial charge in [0.05, 0.1) is 6.04 Å². The lowest BCUT2D eigenvalue weighted by molar-refractivity contribution is 0.550. The molecular weight excluding hydrogens is 382 g/mol. The lowest BCUT2D eigenvalue weighted by Gasteiger charge is -2.19. The van der Waals surface area contributed by atoms with Crippen LogP contribution in [0.15, 0.2) is 40.9 Å². The normalized spacial score (nSPS) is 12.4. The molecule has 0 spiro atoms. The molecule has 1 unspecified atom stereocenters. The molecule has 0 saturated carbocycles. The standard InChI is InChI=1S/C14H12BrCl3N2/c15-11-5-4-8(16)6-9(11)14(20-19)7-10-12(17)2-1-3-13(10)18/h1-6,14,20H,7,19H2. The van der Waals surface area contributed by atoms with Crippen molar-refractivity contribution in [2.45, 2.75) is 12.5 Å². The van der Waals surface area contributed by atoms with E-state index in [0.29, 0.717) is 21.5 Å². The van der Waals surface area contributed by atoms with Crippen LogP contribution < -0.4 is 11.3 Å². The molecule has 0 aromatic heterocycles. The Bertz CT molecular complexity index is 599. The minimum absolute atomic E-state index is 0.152. The molecule has 2 aromatic rings. The summed E-state index contributed by atoms with van der Waals surface area (Å²) in [5.74, 6) is 5.67. The Morgan fingerprint density at radius 2 is 1.75 bits per heavy atom. The van der Waals surface area contributed by atoms with E-state index in [4.69, 9.17) is 40.6 Å². The number of hydrogen-bond acceptors (Lipinski definition) is 2. The summed E-state index contributed by atoms with van der Waals surface area (Å²) in [7, 11) is 0. The van der Waals surface area contributed by atoms with Crippen LogP contribution in [0.2, 0.25) is 15.1 Å². The van der Waals surface area contributed by atoms with Crippen molar-refractivity contribution in [3.63, 3.8) is 0 Å². The predicted octanol–water partition coefficient (Wildman–Crippen LogP) is 5.16. The molecule has 106 valence electrons. The summed E-state index contributed by atoms with van der Waals surface area (Å²) in [6, 6.07) is 10.8. The molecule has 1 atom stereocenters. The fourth-order valence-corrected chi connectivity index (χ4v) is 3.23. The van der Waals surface area contributed by atoms with Gasteiger partial charge < -0.3 is 0 Å². The van der Waals surface area contributed by atoms with Crippen molar-refractivity contribution in [1.82, 2.24) is 5.43 Å². The first-order chi connectivity index (χ1) is 9.52. The number of halogens is 4. The van der Waals surface area contributed by atoms with Gasteiger partial charge in [-0.05, 0) is 47.9 Å². The van der Waals surface area contributed by atoms with Crippen LogP contribution >= 0.6 is 50.7 Å². The van der Waals surface area contributed by atoms with Crippen LogP contribution in [0.1, 0.15) is 17.2 Å². The van der Waals surface area contributed by atoms with Crippen LogP contribution in [0, 0.1) is 0 Å². The third-order valence-electron chi connectivity index (χ3n) is 3.00. The Morgan fingerprint density at radius 1 is 1.10 bits per heavy atom. The highest BCUT2D eigenvalue weighted by Gasteiger charge is 2.17. The first kappa shape index (κ1) is 16.1. The lowest BCUT2D eigenvalue weighted by atomic mass is 9.99. The Balaban J connectivity index is 2.36. The van der Waals surface area contributed by atoms with Crippen molar-refractivity contribution in [2.75, 3.05) is 0 Å². The van der Waals surface area contributed by atoms with E-state index >= 15 is 0 Å². The lowest BCUT2D eigenvalue weighted by Crippen LogP contribution is -2.30. The number of benzene rings is 2. The van der Waals surface area contributed by atoms with Gasteiger partial charge in [-0.2, -0.15) is 0 Å². The smallest absolute Gasteiger partial charge is 0.0513 e. The van der Waals surface area contributed by atoms with Crippen LogP contribution in [0.4, 0.5) is 0 Å². The summed E-state index contributed by atoms with van der Waals surface area (Å²) in [6.45, 7) is 0. The molecule has 0 saturated heterocycles. The largest absolute Gasteiger partial charge is 0.271 e. The second kappa shape index (κ2) is 7.12. The summed E-state index contributed by atoms with van der Waals surface area (Å²) < 4.78 is 0.924. The van der Waals surface area contributed by atoms with Crippen molar-refractivity contribution in [2.24, 2.45) is 5.84 Å². The molecule has 2 aromatic carbocycles. The number of hydrogen-bond donors (Lipinski definition) is 2. The van der Waals surface area contributed by atoms with Crippen molar-refractivity contribution in [1.29, 1.82) is 0 Å². The monoisotopic (exact) mass is 392 g/mol. The first-order valence-electron chi connectivity index (χ1n) is 5.87. The minimum Gasteiger partial charge on any atom is -0.271 e. The molecule has 20 heavy (non-hydrogen) atoms. The Hall–Kier alpha value is -0.290. The van der Waals surface area contributed by atoms with Crippen LogP contribution in [0.25, 0.3) is 0 Å². The van der Waals surface area contributed by atoms with Gasteiger partial charge in [-0.1, -0.05) is 56.8 Å². The van der Waals surface area contributed by atoms with Gasteiger partial charge in [0.25, 0.3) is 0 Å². The van der Waals surface area contributed by atoms with Crippen LogP contribution in [0.5, 0.6) is 0 Å². The second-order valence-electron chi connectivity index (χ2n) is 4.29. The number of nitrogens with two attached hydrogens (primary N) is 1. The fourth-order valence-electron chi connectivity index (χ4n) is 1.97. The SMILES string of the molecule is NNC(Cc1c(Cl)cccc1Cl)c1cc(Cl)ccc1Br. The van der Waals surface area contributed by atoms with E-state index in [0.717, 1.165) is 15.6 Å². The number of nitrogens with one attached hydrogen (secondary N) is 1. The summed E-state index contributed by atoms with van der Waals surface area (Å²) in [5.41, 5.74) is 4.59. The van der Waals surface area contributed by atoms with Crippen LogP contribution in [0.3, 0.4) is 0 Å². The van der Waals surface area contributed by atoms with Crippen LogP contribution in [-0.4, -0.2) is 0 Å². The maximum absolute atomic E-state index is 6.20. The maximum atomic E-state index is 6.20. The van der Waals surface area contributed by atoms with Crippen LogP contribution in [-0.2, 0) is 6.42 Å². The average Bonchev–Trinajstić information content (AvgIpc) is 2.42. The van der Waals surface area contributed by atoms with E-state index in [1.54, 1.807) is 0 Å². The molecule has 0 aliphatic heterocycles. The van der Waals surface area contributed by atoms with Gasteiger partial charge in [0, 0.05) is 19.5 Å². The van der Waals surface area contributed by atoms with E-state index in [-0.39, 0.29) is 6.04 Å². The van der Waals surface area contributed by atoms with E-state index in [1.807, 2.05) is 36.4 Å². The molecule has 2 nitrogen and oxygen atoms in total. The highest BCUT2D eigenvalue weighted by atomic mass is 79.9. The molecule has 0 heterocycles. The molecule has 0 fully saturated rings. The quantitative estimate of drug-likeness (QED) is 0.555. The third kappa shape index (κ3) is 3.67. The molecule has 0 amide bonds. The summed E-state index contributed by atoms with van der Waals surface area (Å²) in [4.78, 5) is 0. The van der Waals surface area contributed by atoms with Gasteiger partial charge in [-0.3, -0.25) is 11.3 Å². The zero-order valence-corrected chi connectivity index (χ0v) is 14.2. The second-order valence-corrected chi connectivity index (χ2v) is 6.39. The average molecular weight is 395 g/mol. The maximum Gasteiger partial charge on any atom is 0.0513 e. The van der Waals surface area contributed by atoms with Gasteiger partial charge in [-0.15, -0.1) is 0 Å². The zero-order valence-electron chi connectivity index (χ0n) is 10.3. The molecule has 0 aliphatic rings. The van der Waals surface area contributed by atoms with Gasteiger partial charge in [0.15, 0.2) is 0 Å². The van der Waals surface area contributed by atoms with Crippen molar-refractivity contribution >= 4 is 50.7 Å². The third-order valence-corrected chi connectivity index (χ3v) is 4.67. The summed E-state index contributed by atoms with van der Waals surface area (Å²) in [5, 5.41) is 1.89. The highest BCUT2D eigenvalue weighted by Crippen LogP contribution is 2.32. The van der Waals surface area contributed by atoms with E-state index in [9.17, 15) is 0 Å². The van der Waals surface area contributed by atoms with E-state index in [1.165, 1.54) is 0 Å². The molecule has 0 bridgehead atoms. The molecule has 0 aliphatic carbocycles. The number of hydrazine groups is 1. The molecule has 3 N–H and O–H groups in total. The van der Waals surface area contributed by atoms with Crippen molar-refractivity contribution < 1.29 is 0 Å². The highest BCUT2D eigenvalue weighted by molar-refractivity contribution is 9.10. The summed E-state index contributed by atoms with van der Waals surface area (Å²) in [6.07, 6.45) is 0.563. The first-order valence-corrected chi connectivity index (χ1v) is 7.79. The molecule has 6 heteroatoms. The van der Waals surface area contributed by atoms with Gasteiger partial charge in [-0.25, -0.2) is 0 Å². The van der Waals surface area contributed by atoms with Gasteiger partial charge in [0.2, 0.25) is 0 Å². The minimum atomic E-state index is -0.152. The van der Waals surface area contributed by atoms with Crippen molar-refractivity contribution in [3.05, 3.63) is 67.1 Å². The molecular formula is C14H12BrCl3N2. The Kier molecular flexibility index (Phi) is 5.73. The van der Waals surface area contributed by atoms with Gasteiger partial charge >= 0.3 is 0 Å². The van der Waals surface area contributed by atoms with E-state index in [2.05, 4.69) is 21.4 Å². The van der Waals surface area contributed by atoms with Crippen molar-refractivity contribution in [3.8, 4) is 0 Å². The summed E-state index contributed by atoms with van der Waals surface area (Å²) >= 11 is 21.9. The van der Waals surface area contributed by atoms with Gasteiger partial charge in [0.1, 0.15) is 0 Å². The number of rotatable bonds is 4. The fraction of sp³-hybridized carbons (Fsp3) is 0.143. The molecule has 2 rings (SSSR count). The zero-order chi connectivity index (χ0) is 14.7. The predicted molar refractivity (Wildman–Crippen MR) is 89.4 cm³/mol. The Morgan fingerprint density at radius 3 is 2.35 bits per heavy atom. The molecule has 0 radical (unpaired) electrons. The topological polar surface area (TPSA) is 38.0 Å².